The Morgan fingerprint density at radius 1 is 1.20 bits per heavy atom. The third kappa shape index (κ3) is 5.99. The Balaban J connectivity index is 0.000000423. The van der Waals surface area contributed by atoms with Crippen LogP contribution in [0, 0.1) is 0 Å². The van der Waals surface area contributed by atoms with E-state index in [0.717, 1.165) is 0 Å². The van der Waals surface area contributed by atoms with Crippen molar-refractivity contribution in [3.05, 3.63) is 35.9 Å². The largest absolute Gasteiger partial charge is 0.362 e. The van der Waals surface area contributed by atoms with E-state index in [1.807, 2.05) is 6.07 Å². The van der Waals surface area contributed by atoms with Crippen molar-refractivity contribution >= 4 is 5.78 Å². The Kier molecular flexibility index (Phi) is 5.82. The van der Waals surface area contributed by atoms with E-state index in [1.165, 1.54) is 13.8 Å². The van der Waals surface area contributed by atoms with Gasteiger partial charge in [0, 0.05) is 12.0 Å². The van der Waals surface area contributed by atoms with Crippen molar-refractivity contribution in [1.29, 1.82) is 0 Å². The van der Waals surface area contributed by atoms with Crippen molar-refractivity contribution in [2.45, 2.75) is 33.0 Å². The molecule has 0 aromatic heterocycles. The zero-order valence-electron chi connectivity index (χ0n) is 9.40. The van der Waals surface area contributed by atoms with Gasteiger partial charge in [-0.3, -0.25) is 0 Å². The molecule has 3 nitrogen and oxygen atoms in total. The maximum absolute atomic E-state index is 9.44. The topological polar surface area (TPSA) is 57.5 Å². The van der Waals surface area contributed by atoms with Crippen LogP contribution in [0.5, 0.6) is 0 Å². The van der Waals surface area contributed by atoms with E-state index in [0.29, 0.717) is 12.0 Å². The van der Waals surface area contributed by atoms with E-state index in [9.17, 15) is 15.0 Å². The molecular weight excluding hydrogens is 192 g/mol. The molecule has 84 valence electrons. The van der Waals surface area contributed by atoms with Crippen LogP contribution in [0.25, 0.3) is 0 Å². The molecule has 1 aromatic carbocycles. The molecular formula is C12H18O3. The first-order valence-electron chi connectivity index (χ1n) is 4.87. The fourth-order valence-corrected chi connectivity index (χ4v) is 0.909. The summed E-state index contributed by atoms with van der Waals surface area (Å²) >= 11 is 0. The lowest BCUT2D eigenvalue weighted by Gasteiger charge is -2.19. The predicted molar refractivity (Wildman–Crippen MR) is 59.2 cm³/mol. The van der Waals surface area contributed by atoms with E-state index in [-0.39, 0.29) is 5.78 Å². The minimum absolute atomic E-state index is 0.167. The van der Waals surface area contributed by atoms with Crippen molar-refractivity contribution in [3.8, 4) is 0 Å². The fraction of sp³-hybridized carbons (Fsp3) is 0.417. The Hall–Kier alpha value is -1.19. The van der Waals surface area contributed by atoms with E-state index < -0.39 is 5.79 Å². The van der Waals surface area contributed by atoms with Crippen LogP contribution < -0.4 is 0 Å². The Morgan fingerprint density at radius 2 is 1.60 bits per heavy atom. The quantitative estimate of drug-likeness (QED) is 0.732. The summed E-state index contributed by atoms with van der Waals surface area (Å²) in [5.74, 6) is -1.50. The molecule has 1 rings (SSSR count). The lowest BCUT2D eigenvalue weighted by atomic mass is 10.0. The molecule has 0 unspecified atom stereocenters. The van der Waals surface area contributed by atoms with Crippen LogP contribution >= 0.6 is 0 Å². The highest BCUT2D eigenvalue weighted by Crippen LogP contribution is 2.20. The highest BCUT2D eigenvalue weighted by molar-refractivity contribution is 5.72. The van der Waals surface area contributed by atoms with Gasteiger partial charge < -0.3 is 15.0 Å². The van der Waals surface area contributed by atoms with Gasteiger partial charge in [-0.25, -0.2) is 0 Å². The molecule has 0 aliphatic carbocycles. The van der Waals surface area contributed by atoms with E-state index in [2.05, 4.69) is 0 Å². The van der Waals surface area contributed by atoms with Crippen LogP contribution in [-0.2, 0) is 10.6 Å². The summed E-state index contributed by atoms with van der Waals surface area (Å²) in [6.45, 7) is 4.78. The highest BCUT2D eigenvalue weighted by atomic mass is 16.5. The van der Waals surface area contributed by atoms with Crippen LogP contribution in [0.15, 0.2) is 30.3 Å². The Morgan fingerprint density at radius 3 is 1.93 bits per heavy atom. The second-order valence-electron chi connectivity index (χ2n) is 3.44. The van der Waals surface area contributed by atoms with Gasteiger partial charge in [-0.15, -0.1) is 0 Å². The summed E-state index contributed by atoms with van der Waals surface area (Å²) in [5.41, 5.74) is 0.544. The summed E-state index contributed by atoms with van der Waals surface area (Å²) < 4.78 is 0. The molecule has 0 saturated heterocycles. The molecule has 0 radical (unpaired) electrons. The lowest BCUT2D eigenvalue weighted by Crippen LogP contribution is -2.23. The number of carbonyl (C=O) groups excluding carboxylic acids is 1. The van der Waals surface area contributed by atoms with Gasteiger partial charge in [0.2, 0.25) is 0 Å². The number of Topliss-reactive ketones (excluding diaryl/α,β-unsaturated/α-hetero) is 1. The number of benzene rings is 1. The van der Waals surface area contributed by atoms with Gasteiger partial charge in [0.25, 0.3) is 0 Å². The Labute approximate surface area is 90.4 Å². The summed E-state index contributed by atoms with van der Waals surface area (Å²) in [6, 6.07) is 8.81. The van der Waals surface area contributed by atoms with E-state index in [1.54, 1.807) is 31.2 Å². The van der Waals surface area contributed by atoms with E-state index in [4.69, 9.17) is 0 Å². The molecule has 0 saturated carbocycles. The first kappa shape index (κ1) is 13.8. The third-order valence-electron chi connectivity index (χ3n) is 1.73. The zero-order chi connectivity index (χ0) is 11.9. The molecule has 0 atom stereocenters. The molecule has 1 aromatic rings. The summed E-state index contributed by atoms with van der Waals surface area (Å²) in [5, 5.41) is 18.7. The smallest absolute Gasteiger partial charge is 0.189 e. The molecule has 0 amide bonds. The first-order chi connectivity index (χ1) is 6.90. The van der Waals surface area contributed by atoms with Gasteiger partial charge in [0.15, 0.2) is 5.79 Å². The summed E-state index contributed by atoms with van der Waals surface area (Å²) in [6.07, 6.45) is 0.303. The van der Waals surface area contributed by atoms with Crippen LogP contribution in [0.4, 0.5) is 0 Å². The predicted octanol–water partition coefficient (Wildman–Crippen LogP) is 1.83. The van der Waals surface area contributed by atoms with Crippen LogP contribution in [-0.4, -0.2) is 16.0 Å². The van der Waals surface area contributed by atoms with Gasteiger partial charge in [-0.2, -0.15) is 0 Å². The van der Waals surface area contributed by atoms with Crippen molar-refractivity contribution in [2.24, 2.45) is 0 Å². The molecule has 15 heavy (non-hydrogen) atoms. The number of hydrogen-bond acceptors (Lipinski definition) is 3. The molecule has 0 aliphatic rings. The van der Waals surface area contributed by atoms with Crippen LogP contribution in [0.2, 0.25) is 0 Å². The van der Waals surface area contributed by atoms with Gasteiger partial charge >= 0.3 is 0 Å². The fourth-order valence-electron chi connectivity index (χ4n) is 0.909. The second kappa shape index (κ2) is 6.32. The van der Waals surface area contributed by atoms with E-state index >= 15 is 0 Å². The number of hydrogen-bond donors (Lipinski definition) is 2. The standard InChI is InChI=1S/C9H12O2.C3H6O/c1-2-9(10,11)8-6-4-3-5-7-8;1-3(2)4/h3-7,10-11H,2H2,1H3;1-2H3. The highest BCUT2D eigenvalue weighted by Gasteiger charge is 2.21. The van der Waals surface area contributed by atoms with Gasteiger partial charge in [0.1, 0.15) is 5.78 Å². The van der Waals surface area contributed by atoms with Gasteiger partial charge in [0.05, 0.1) is 0 Å². The molecule has 3 heteroatoms. The molecule has 0 spiro atoms. The number of ketones is 1. The first-order valence-corrected chi connectivity index (χ1v) is 4.87. The summed E-state index contributed by atoms with van der Waals surface area (Å²) in [4.78, 5) is 9.44. The number of rotatable bonds is 2. The number of carbonyl (C=O) groups is 1. The van der Waals surface area contributed by atoms with Gasteiger partial charge in [-0.05, 0) is 13.8 Å². The SMILES string of the molecule is CC(C)=O.CCC(O)(O)c1ccccc1. The monoisotopic (exact) mass is 210 g/mol. The average Bonchev–Trinajstić information content (AvgIpc) is 2.18. The normalized spacial score (nSPS) is 10.2. The number of aliphatic hydroxyl groups is 2. The molecule has 0 bridgehead atoms. The minimum Gasteiger partial charge on any atom is -0.362 e. The maximum Gasteiger partial charge on any atom is 0.189 e. The average molecular weight is 210 g/mol. The second-order valence-corrected chi connectivity index (χ2v) is 3.44. The van der Waals surface area contributed by atoms with Crippen molar-refractivity contribution < 1.29 is 15.0 Å². The summed E-state index contributed by atoms with van der Waals surface area (Å²) in [7, 11) is 0. The maximum atomic E-state index is 9.44. The lowest BCUT2D eigenvalue weighted by molar-refractivity contribution is -0.171. The zero-order valence-corrected chi connectivity index (χ0v) is 9.40. The minimum atomic E-state index is -1.67. The molecule has 2 N–H and O–H groups in total. The van der Waals surface area contributed by atoms with Crippen LogP contribution in [0.3, 0.4) is 0 Å². The Bertz CT molecular complexity index is 287. The third-order valence-corrected chi connectivity index (χ3v) is 1.73. The van der Waals surface area contributed by atoms with Crippen molar-refractivity contribution in [1.82, 2.24) is 0 Å². The van der Waals surface area contributed by atoms with Crippen molar-refractivity contribution in [2.75, 3.05) is 0 Å². The molecule has 0 heterocycles. The molecule has 0 fully saturated rings. The molecule has 0 aliphatic heterocycles. The van der Waals surface area contributed by atoms with Crippen molar-refractivity contribution in [3.63, 3.8) is 0 Å². The van der Waals surface area contributed by atoms with Gasteiger partial charge in [-0.1, -0.05) is 37.3 Å². The van der Waals surface area contributed by atoms with Crippen LogP contribution in [0.1, 0.15) is 32.8 Å².